The van der Waals surface area contributed by atoms with Crippen LogP contribution in [0.5, 0.6) is 0 Å². The molecule has 0 saturated heterocycles. The number of hydrogen-bond donors (Lipinski definition) is 1. The molecule has 1 atom stereocenters. The minimum atomic E-state index is 0.375. The van der Waals surface area contributed by atoms with E-state index < -0.39 is 0 Å². The van der Waals surface area contributed by atoms with Gasteiger partial charge in [-0.05, 0) is 31.5 Å². The van der Waals surface area contributed by atoms with E-state index in [1.165, 1.54) is 11.1 Å². The minimum Gasteiger partial charge on any atom is -0.331 e. The molecule has 2 rings (SSSR count). The Labute approximate surface area is 115 Å². The Morgan fingerprint density at radius 3 is 2.89 bits per heavy atom. The summed E-state index contributed by atoms with van der Waals surface area (Å²) >= 11 is 0. The minimum absolute atomic E-state index is 0.375. The molecule has 0 saturated carbocycles. The third-order valence-electron chi connectivity index (χ3n) is 3.34. The van der Waals surface area contributed by atoms with Crippen LogP contribution in [0.15, 0.2) is 36.7 Å². The van der Waals surface area contributed by atoms with Crippen molar-refractivity contribution in [2.75, 3.05) is 6.54 Å². The molecule has 0 amide bonds. The highest BCUT2D eigenvalue weighted by atomic mass is 15.1. The molecular weight excluding hydrogens is 234 g/mol. The molecule has 19 heavy (non-hydrogen) atoms. The van der Waals surface area contributed by atoms with E-state index in [4.69, 9.17) is 0 Å². The summed E-state index contributed by atoms with van der Waals surface area (Å²) in [5, 5.41) is 3.45. The fourth-order valence-electron chi connectivity index (χ4n) is 2.36. The van der Waals surface area contributed by atoms with Crippen molar-refractivity contribution in [1.29, 1.82) is 0 Å². The van der Waals surface area contributed by atoms with Gasteiger partial charge in [0.1, 0.15) is 5.82 Å². The van der Waals surface area contributed by atoms with Crippen LogP contribution in [0.1, 0.15) is 38.8 Å². The number of hydrogen-bond acceptors (Lipinski definition) is 2. The molecule has 0 aliphatic heterocycles. The first-order valence-corrected chi connectivity index (χ1v) is 7.11. The maximum Gasteiger partial charge on any atom is 0.139 e. The average Bonchev–Trinajstić information content (AvgIpc) is 2.88. The highest BCUT2D eigenvalue weighted by Gasteiger charge is 2.08. The van der Waals surface area contributed by atoms with Crippen molar-refractivity contribution in [2.45, 2.75) is 39.8 Å². The third-order valence-corrected chi connectivity index (χ3v) is 3.34. The second-order valence-corrected chi connectivity index (χ2v) is 4.85. The van der Waals surface area contributed by atoms with Gasteiger partial charge in [-0.3, -0.25) is 0 Å². The molecule has 0 aliphatic rings. The first-order valence-electron chi connectivity index (χ1n) is 7.11. The van der Waals surface area contributed by atoms with Gasteiger partial charge in [-0.25, -0.2) is 4.98 Å². The van der Waals surface area contributed by atoms with E-state index in [1.807, 2.05) is 6.20 Å². The van der Waals surface area contributed by atoms with Gasteiger partial charge in [0.25, 0.3) is 0 Å². The second-order valence-electron chi connectivity index (χ2n) is 4.85. The summed E-state index contributed by atoms with van der Waals surface area (Å²) in [7, 11) is 0. The Hall–Kier alpha value is -1.61. The largest absolute Gasteiger partial charge is 0.331 e. The zero-order valence-corrected chi connectivity index (χ0v) is 12.1. The number of aromatic nitrogens is 2. The Kier molecular flexibility index (Phi) is 4.74. The van der Waals surface area contributed by atoms with Crippen molar-refractivity contribution >= 4 is 0 Å². The van der Waals surface area contributed by atoms with Crippen LogP contribution in [-0.2, 0) is 6.54 Å². The lowest BCUT2D eigenvalue weighted by Gasteiger charge is -2.14. The van der Waals surface area contributed by atoms with Crippen LogP contribution in [0.4, 0.5) is 0 Å². The predicted octanol–water partition coefficient (Wildman–Crippen LogP) is 3.63. The van der Waals surface area contributed by atoms with E-state index in [-0.39, 0.29) is 0 Å². The molecule has 0 spiro atoms. The van der Waals surface area contributed by atoms with Crippen LogP contribution in [0, 0.1) is 0 Å². The van der Waals surface area contributed by atoms with E-state index in [0.29, 0.717) is 6.04 Å². The van der Waals surface area contributed by atoms with Gasteiger partial charge in [-0.15, -0.1) is 0 Å². The van der Waals surface area contributed by atoms with Crippen molar-refractivity contribution in [3.05, 3.63) is 42.2 Å². The van der Waals surface area contributed by atoms with E-state index >= 15 is 0 Å². The quantitative estimate of drug-likeness (QED) is 0.856. The van der Waals surface area contributed by atoms with Gasteiger partial charge < -0.3 is 9.88 Å². The second kappa shape index (κ2) is 6.53. The maximum absolute atomic E-state index is 4.49. The molecular formula is C16H23N3. The van der Waals surface area contributed by atoms with Crippen LogP contribution in [-0.4, -0.2) is 16.1 Å². The van der Waals surface area contributed by atoms with Gasteiger partial charge in [0.2, 0.25) is 0 Å². The first-order chi connectivity index (χ1) is 9.26. The van der Waals surface area contributed by atoms with Gasteiger partial charge in [-0.1, -0.05) is 32.0 Å². The zero-order chi connectivity index (χ0) is 13.7. The standard InChI is InChI=1S/C16H23N3/c1-4-10-19-11-9-18-16(19)15-8-6-7-14(12-15)13(3)17-5-2/h6-9,11-13,17H,4-5,10H2,1-3H3. The van der Waals surface area contributed by atoms with Crippen molar-refractivity contribution < 1.29 is 0 Å². The third kappa shape index (κ3) is 3.24. The summed E-state index contributed by atoms with van der Waals surface area (Å²) < 4.78 is 2.22. The summed E-state index contributed by atoms with van der Waals surface area (Å²) in [6, 6.07) is 9.03. The molecule has 0 aliphatic carbocycles. The van der Waals surface area contributed by atoms with Gasteiger partial charge in [0, 0.05) is 30.5 Å². The smallest absolute Gasteiger partial charge is 0.139 e. The van der Waals surface area contributed by atoms with Crippen molar-refractivity contribution in [3.63, 3.8) is 0 Å². The van der Waals surface area contributed by atoms with Gasteiger partial charge in [0.05, 0.1) is 0 Å². The highest BCUT2D eigenvalue weighted by molar-refractivity contribution is 5.57. The SMILES string of the molecule is CCCn1ccnc1-c1cccc(C(C)NCC)c1. The molecule has 1 aromatic carbocycles. The molecule has 1 heterocycles. The molecule has 1 unspecified atom stereocenters. The van der Waals surface area contributed by atoms with Crippen LogP contribution >= 0.6 is 0 Å². The van der Waals surface area contributed by atoms with Gasteiger partial charge >= 0.3 is 0 Å². The Balaban J connectivity index is 2.29. The predicted molar refractivity (Wildman–Crippen MR) is 80.0 cm³/mol. The first kappa shape index (κ1) is 13.8. The van der Waals surface area contributed by atoms with Crippen molar-refractivity contribution in [3.8, 4) is 11.4 Å². The molecule has 3 heteroatoms. The number of nitrogens with one attached hydrogen (secondary N) is 1. The lowest BCUT2D eigenvalue weighted by Crippen LogP contribution is -2.17. The Bertz CT molecular complexity index is 516. The molecule has 0 bridgehead atoms. The van der Waals surface area contributed by atoms with E-state index in [2.05, 4.69) is 66.1 Å². The summed E-state index contributed by atoms with van der Waals surface area (Å²) in [5.74, 6) is 1.06. The molecule has 0 fully saturated rings. The van der Waals surface area contributed by atoms with Crippen LogP contribution in [0.25, 0.3) is 11.4 Å². The number of rotatable bonds is 6. The van der Waals surface area contributed by atoms with Gasteiger partial charge in [-0.2, -0.15) is 0 Å². The summed E-state index contributed by atoms with van der Waals surface area (Å²) in [5.41, 5.74) is 2.51. The Morgan fingerprint density at radius 2 is 2.16 bits per heavy atom. The highest BCUT2D eigenvalue weighted by Crippen LogP contribution is 2.22. The normalized spacial score (nSPS) is 12.6. The molecule has 102 valence electrons. The molecule has 1 aromatic heterocycles. The molecule has 1 N–H and O–H groups in total. The van der Waals surface area contributed by atoms with E-state index in [0.717, 1.165) is 25.3 Å². The topological polar surface area (TPSA) is 29.9 Å². The van der Waals surface area contributed by atoms with Crippen LogP contribution < -0.4 is 5.32 Å². The van der Waals surface area contributed by atoms with Crippen LogP contribution in [0.2, 0.25) is 0 Å². The number of benzene rings is 1. The number of aryl methyl sites for hydroxylation is 1. The van der Waals surface area contributed by atoms with Crippen molar-refractivity contribution in [1.82, 2.24) is 14.9 Å². The van der Waals surface area contributed by atoms with E-state index in [1.54, 1.807) is 0 Å². The molecule has 3 nitrogen and oxygen atoms in total. The maximum atomic E-state index is 4.49. The summed E-state index contributed by atoms with van der Waals surface area (Å²) in [4.78, 5) is 4.49. The summed E-state index contributed by atoms with van der Waals surface area (Å²) in [6.45, 7) is 8.51. The lowest BCUT2D eigenvalue weighted by atomic mass is 10.0. The average molecular weight is 257 g/mol. The molecule has 0 radical (unpaired) electrons. The monoisotopic (exact) mass is 257 g/mol. The lowest BCUT2D eigenvalue weighted by molar-refractivity contribution is 0.598. The fraction of sp³-hybridized carbons (Fsp3) is 0.438. The fourth-order valence-corrected chi connectivity index (χ4v) is 2.36. The van der Waals surface area contributed by atoms with E-state index in [9.17, 15) is 0 Å². The number of nitrogens with zero attached hydrogens (tertiary/aromatic N) is 2. The Morgan fingerprint density at radius 1 is 1.32 bits per heavy atom. The number of imidazole rings is 1. The van der Waals surface area contributed by atoms with Crippen LogP contribution in [0.3, 0.4) is 0 Å². The molecule has 2 aromatic rings. The van der Waals surface area contributed by atoms with Crippen molar-refractivity contribution in [2.24, 2.45) is 0 Å². The van der Waals surface area contributed by atoms with Gasteiger partial charge in [0.15, 0.2) is 0 Å². The summed E-state index contributed by atoms with van der Waals surface area (Å²) in [6.07, 6.45) is 5.06. The zero-order valence-electron chi connectivity index (χ0n) is 12.1.